The van der Waals surface area contributed by atoms with Crippen molar-refractivity contribution in [1.82, 2.24) is 4.98 Å². The Labute approximate surface area is 154 Å². The van der Waals surface area contributed by atoms with E-state index in [4.69, 9.17) is 13.6 Å². The summed E-state index contributed by atoms with van der Waals surface area (Å²) >= 11 is 0. The van der Waals surface area contributed by atoms with E-state index in [0.717, 1.165) is 10.9 Å². The predicted molar refractivity (Wildman–Crippen MR) is 99.9 cm³/mol. The van der Waals surface area contributed by atoms with Crippen LogP contribution in [0.1, 0.15) is 16.7 Å². The lowest BCUT2D eigenvalue weighted by atomic mass is 10.1. The molecule has 0 saturated carbocycles. The number of aromatic nitrogens is 1. The standard InChI is InChI=1S/C21H17NO5/c1-12-19(23)13(2)21(24)27-20(12)18-8-15-5-6-16(9-17(15)26-18)25-11-14-4-3-7-22-10-14/h3-10,23H,11H2,1-2H3. The van der Waals surface area contributed by atoms with Crippen LogP contribution in [0, 0.1) is 13.8 Å². The van der Waals surface area contributed by atoms with Crippen molar-refractivity contribution in [1.29, 1.82) is 0 Å². The van der Waals surface area contributed by atoms with Gasteiger partial charge < -0.3 is 18.7 Å². The summed E-state index contributed by atoms with van der Waals surface area (Å²) < 4.78 is 16.9. The van der Waals surface area contributed by atoms with Gasteiger partial charge >= 0.3 is 5.63 Å². The molecular weight excluding hydrogens is 346 g/mol. The first-order chi connectivity index (χ1) is 13.0. The Hall–Kier alpha value is -3.54. The number of furan rings is 1. The Morgan fingerprint density at radius 3 is 2.74 bits per heavy atom. The van der Waals surface area contributed by atoms with Gasteiger partial charge in [-0.15, -0.1) is 0 Å². The summed E-state index contributed by atoms with van der Waals surface area (Å²) in [5.74, 6) is 1.16. The molecule has 6 nitrogen and oxygen atoms in total. The second-order valence-corrected chi connectivity index (χ2v) is 6.28. The van der Waals surface area contributed by atoms with Crippen LogP contribution in [0.2, 0.25) is 0 Å². The average Bonchev–Trinajstić information content (AvgIpc) is 3.11. The lowest BCUT2D eigenvalue weighted by molar-refractivity contribution is 0.306. The van der Waals surface area contributed by atoms with Gasteiger partial charge in [0.2, 0.25) is 0 Å². The fourth-order valence-corrected chi connectivity index (χ4v) is 2.83. The van der Waals surface area contributed by atoms with Crippen molar-refractivity contribution in [2.45, 2.75) is 20.5 Å². The molecule has 0 aliphatic carbocycles. The zero-order chi connectivity index (χ0) is 19.0. The first-order valence-corrected chi connectivity index (χ1v) is 8.42. The van der Waals surface area contributed by atoms with Crippen molar-refractivity contribution >= 4 is 11.0 Å². The van der Waals surface area contributed by atoms with Crippen LogP contribution in [0.25, 0.3) is 22.5 Å². The number of hydrogen-bond acceptors (Lipinski definition) is 6. The molecule has 1 N–H and O–H groups in total. The highest BCUT2D eigenvalue weighted by atomic mass is 16.5. The normalized spacial score (nSPS) is 11.0. The van der Waals surface area contributed by atoms with Gasteiger partial charge in [0.05, 0.1) is 5.56 Å². The Balaban J connectivity index is 1.66. The number of aromatic hydroxyl groups is 1. The van der Waals surface area contributed by atoms with E-state index >= 15 is 0 Å². The number of benzene rings is 1. The van der Waals surface area contributed by atoms with E-state index in [-0.39, 0.29) is 17.1 Å². The molecule has 0 amide bonds. The van der Waals surface area contributed by atoms with Crippen LogP contribution < -0.4 is 10.4 Å². The minimum Gasteiger partial charge on any atom is -0.507 e. The topological polar surface area (TPSA) is 85.7 Å². The third-order valence-electron chi connectivity index (χ3n) is 4.40. The van der Waals surface area contributed by atoms with Gasteiger partial charge in [-0.25, -0.2) is 4.79 Å². The first-order valence-electron chi connectivity index (χ1n) is 8.42. The number of nitrogens with zero attached hydrogens (tertiary/aromatic N) is 1. The average molecular weight is 363 g/mol. The zero-order valence-electron chi connectivity index (χ0n) is 14.9. The zero-order valence-corrected chi connectivity index (χ0v) is 14.9. The number of pyridine rings is 1. The van der Waals surface area contributed by atoms with E-state index in [0.29, 0.717) is 29.3 Å². The Morgan fingerprint density at radius 2 is 1.96 bits per heavy atom. The lowest BCUT2D eigenvalue weighted by Crippen LogP contribution is -2.05. The van der Waals surface area contributed by atoms with Crippen LogP contribution in [0.5, 0.6) is 11.5 Å². The first kappa shape index (κ1) is 16.9. The molecule has 0 radical (unpaired) electrons. The second-order valence-electron chi connectivity index (χ2n) is 6.28. The molecule has 0 unspecified atom stereocenters. The molecule has 0 saturated heterocycles. The molecule has 27 heavy (non-hydrogen) atoms. The van der Waals surface area contributed by atoms with Gasteiger partial charge in [0.15, 0.2) is 11.5 Å². The van der Waals surface area contributed by atoms with Gasteiger partial charge in [-0.1, -0.05) is 6.07 Å². The van der Waals surface area contributed by atoms with Crippen molar-refractivity contribution in [3.8, 4) is 23.0 Å². The van der Waals surface area contributed by atoms with Gasteiger partial charge in [0.25, 0.3) is 0 Å². The van der Waals surface area contributed by atoms with Crippen LogP contribution in [0.3, 0.4) is 0 Å². The van der Waals surface area contributed by atoms with Crippen molar-refractivity contribution in [2.75, 3.05) is 0 Å². The van der Waals surface area contributed by atoms with E-state index in [1.54, 1.807) is 31.5 Å². The SMILES string of the molecule is Cc1c(-c2cc3ccc(OCc4cccnc4)cc3o2)oc(=O)c(C)c1O. The van der Waals surface area contributed by atoms with Gasteiger partial charge in [0.1, 0.15) is 23.7 Å². The Kier molecular flexibility index (Phi) is 4.16. The largest absolute Gasteiger partial charge is 0.507 e. The second kappa shape index (κ2) is 6.64. The fourth-order valence-electron chi connectivity index (χ4n) is 2.83. The van der Waals surface area contributed by atoms with Gasteiger partial charge in [-0.05, 0) is 38.1 Å². The molecule has 0 aliphatic rings. The number of hydrogen-bond donors (Lipinski definition) is 1. The van der Waals surface area contributed by atoms with Gasteiger partial charge in [-0.3, -0.25) is 4.98 Å². The summed E-state index contributed by atoms with van der Waals surface area (Å²) in [6.07, 6.45) is 3.46. The van der Waals surface area contributed by atoms with Crippen molar-refractivity contribution in [3.05, 3.63) is 75.9 Å². The van der Waals surface area contributed by atoms with E-state index in [2.05, 4.69) is 4.98 Å². The van der Waals surface area contributed by atoms with Crippen LogP contribution in [-0.2, 0) is 6.61 Å². The van der Waals surface area contributed by atoms with E-state index < -0.39 is 5.63 Å². The number of ether oxygens (including phenoxy) is 1. The maximum atomic E-state index is 11.9. The lowest BCUT2D eigenvalue weighted by Gasteiger charge is -2.05. The highest BCUT2D eigenvalue weighted by Crippen LogP contribution is 2.34. The molecule has 4 rings (SSSR count). The summed E-state index contributed by atoms with van der Waals surface area (Å²) in [5, 5.41) is 10.9. The smallest absolute Gasteiger partial charge is 0.343 e. The van der Waals surface area contributed by atoms with Crippen LogP contribution >= 0.6 is 0 Å². The van der Waals surface area contributed by atoms with E-state index in [1.165, 1.54) is 6.92 Å². The summed E-state index contributed by atoms with van der Waals surface area (Å²) in [7, 11) is 0. The van der Waals surface area contributed by atoms with Crippen LogP contribution in [-0.4, -0.2) is 10.1 Å². The molecule has 0 aliphatic heterocycles. The molecule has 0 bridgehead atoms. The maximum absolute atomic E-state index is 11.9. The molecule has 0 fully saturated rings. The third-order valence-corrected chi connectivity index (χ3v) is 4.40. The predicted octanol–water partition coefficient (Wildman–Crippen LogP) is 4.35. The van der Waals surface area contributed by atoms with Crippen LogP contribution in [0.15, 0.2) is 62.4 Å². The molecule has 136 valence electrons. The third kappa shape index (κ3) is 3.17. The summed E-state index contributed by atoms with van der Waals surface area (Å²) in [5.41, 5.74) is 1.60. The quantitative estimate of drug-likeness (QED) is 0.580. The number of rotatable bonds is 4. The summed E-state index contributed by atoms with van der Waals surface area (Å²) in [4.78, 5) is 15.9. The number of fused-ring (bicyclic) bond motifs is 1. The van der Waals surface area contributed by atoms with Crippen LogP contribution in [0.4, 0.5) is 0 Å². The van der Waals surface area contributed by atoms with E-state index in [9.17, 15) is 9.90 Å². The monoisotopic (exact) mass is 363 g/mol. The molecule has 1 aromatic carbocycles. The highest BCUT2D eigenvalue weighted by molar-refractivity contribution is 5.83. The molecule has 4 aromatic rings. The fraction of sp³-hybridized carbons (Fsp3) is 0.143. The molecule has 3 heterocycles. The Bertz CT molecular complexity index is 1170. The highest BCUT2D eigenvalue weighted by Gasteiger charge is 2.18. The molecule has 6 heteroatoms. The van der Waals surface area contributed by atoms with Gasteiger partial charge in [-0.2, -0.15) is 0 Å². The molecular formula is C21H17NO5. The summed E-state index contributed by atoms with van der Waals surface area (Å²) in [6.45, 7) is 3.59. The summed E-state index contributed by atoms with van der Waals surface area (Å²) in [6, 6.07) is 11.0. The Morgan fingerprint density at radius 1 is 1.11 bits per heavy atom. The van der Waals surface area contributed by atoms with Gasteiger partial charge in [0, 0.05) is 35.0 Å². The molecule has 0 atom stereocenters. The maximum Gasteiger partial charge on any atom is 0.343 e. The van der Waals surface area contributed by atoms with Crippen molar-refractivity contribution < 1.29 is 18.7 Å². The van der Waals surface area contributed by atoms with Crippen molar-refractivity contribution in [3.63, 3.8) is 0 Å². The minimum absolute atomic E-state index is 0.0813. The molecule has 0 spiro atoms. The molecule has 3 aromatic heterocycles. The van der Waals surface area contributed by atoms with E-state index in [1.807, 2.05) is 24.3 Å². The minimum atomic E-state index is -0.589. The van der Waals surface area contributed by atoms with Crippen molar-refractivity contribution in [2.24, 2.45) is 0 Å².